The Bertz CT molecular complexity index is 769. The summed E-state index contributed by atoms with van der Waals surface area (Å²) in [4.78, 5) is 24.3. The Kier molecular flexibility index (Phi) is 4.59. The van der Waals surface area contributed by atoms with Crippen molar-refractivity contribution in [1.29, 1.82) is 5.26 Å². The third-order valence-electron chi connectivity index (χ3n) is 3.11. The number of carbonyl (C=O) groups is 2. The lowest BCUT2D eigenvalue weighted by atomic mass is 9.99. The monoisotopic (exact) mass is 315 g/mol. The lowest BCUT2D eigenvalue weighted by Gasteiger charge is -2.06. The summed E-state index contributed by atoms with van der Waals surface area (Å²) in [6, 6.07) is 9.36. The number of rotatable bonds is 3. The van der Waals surface area contributed by atoms with Gasteiger partial charge in [-0.05, 0) is 12.5 Å². The highest BCUT2D eigenvalue weighted by Gasteiger charge is 2.29. The summed E-state index contributed by atoms with van der Waals surface area (Å²) in [5.74, 6) is -1.34. The smallest absolute Gasteiger partial charge is 0.348 e. The van der Waals surface area contributed by atoms with Gasteiger partial charge in [0.25, 0.3) is 0 Å². The molecule has 1 aromatic carbocycles. The topological polar surface area (TPSA) is 76.4 Å². The van der Waals surface area contributed by atoms with Crippen LogP contribution in [0.5, 0.6) is 0 Å². The summed E-state index contributed by atoms with van der Waals surface area (Å²) in [5, 5.41) is 9.34. The van der Waals surface area contributed by atoms with Crippen LogP contribution in [-0.4, -0.2) is 26.2 Å². The van der Waals surface area contributed by atoms with Crippen molar-refractivity contribution in [3.63, 3.8) is 0 Å². The van der Waals surface area contributed by atoms with Gasteiger partial charge in [-0.25, -0.2) is 9.59 Å². The van der Waals surface area contributed by atoms with Crippen LogP contribution in [0.4, 0.5) is 0 Å². The number of methoxy groups -OCH3 is 2. The number of carbonyl (C=O) groups excluding carboxylic acids is 2. The highest BCUT2D eigenvalue weighted by molar-refractivity contribution is 7.15. The van der Waals surface area contributed by atoms with E-state index < -0.39 is 11.9 Å². The van der Waals surface area contributed by atoms with E-state index in [4.69, 9.17) is 9.47 Å². The molecule has 5 nitrogen and oxygen atoms in total. The third-order valence-corrected chi connectivity index (χ3v) is 4.18. The summed E-state index contributed by atoms with van der Waals surface area (Å²) >= 11 is 0.925. The SMILES string of the molecule is COC(=O)c1sc(C#N)c(-c2ccc(C)cc2)c1C(=O)OC. The Morgan fingerprint density at radius 1 is 1.09 bits per heavy atom. The van der Waals surface area contributed by atoms with Gasteiger partial charge in [0.2, 0.25) is 0 Å². The zero-order valence-electron chi connectivity index (χ0n) is 12.3. The Balaban J connectivity index is 2.78. The maximum atomic E-state index is 12.1. The molecule has 0 aliphatic carbocycles. The number of esters is 2. The van der Waals surface area contributed by atoms with E-state index in [9.17, 15) is 14.9 Å². The van der Waals surface area contributed by atoms with Crippen molar-refractivity contribution in [2.75, 3.05) is 14.2 Å². The largest absolute Gasteiger partial charge is 0.465 e. The van der Waals surface area contributed by atoms with Crippen LogP contribution in [-0.2, 0) is 9.47 Å². The predicted molar refractivity (Wildman–Crippen MR) is 81.9 cm³/mol. The fourth-order valence-electron chi connectivity index (χ4n) is 2.04. The highest BCUT2D eigenvalue weighted by Crippen LogP contribution is 2.37. The zero-order valence-corrected chi connectivity index (χ0v) is 13.1. The van der Waals surface area contributed by atoms with Crippen molar-refractivity contribution >= 4 is 23.3 Å². The summed E-state index contributed by atoms with van der Waals surface area (Å²) in [6.45, 7) is 1.93. The van der Waals surface area contributed by atoms with E-state index in [2.05, 4.69) is 0 Å². The van der Waals surface area contributed by atoms with Crippen molar-refractivity contribution in [3.8, 4) is 17.2 Å². The maximum absolute atomic E-state index is 12.1. The molecule has 0 spiro atoms. The normalized spacial score (nSPS) is 9.91. The summed E-state index contributed by atoms with van der Waals surface area (Å²) < 4.78 is 9.46. The first-order chi connectivity index (χ1) is 10.5. The zero-order chi connectivity index (χ0) is 16.3. The molecule has 2 rings (SSSR count). The van der Waals surface area contributed by atoms with Gasteiger partial charge in [0.05, 0.1) is 19.8 Å². The van der Waals surface area contributed by atoms with Gasteiger partial charge < -0.3 is 9.47 Å². The molecule has 1 aromatic heterocycles. The van der Waals surface area contributed by atoms with Crippen LogP contribution in [0.25, 0.3) is 11.1 Å². The molecule has 0 aliphatic rings. The van der Waals surface area contributed by atoms with Crippen LogP contribution in [0.1, 0.15) is 30.5 Å². The van der Waals surface area contributed by atoms with Gasteiger partial charge in [-0.3, -0.25) is 0 Å². The van der Waals surface area contributed by atoms with Gasteiger partial charge in [-0.1, -0.05) is 29.8 Å². The molecule has 0 radical (unpaired) electrons. The van der Waals surface area contributed by atoms with E-state index in [1.54, 1.807) is 12.1 Å². The van der Waals surface area contributed by atoms with E-state index in [1.165, 1.54) is 14.2 Å². The molecule has 112 valence electrons. The van der Waals surface area contributed by atoms with Crippen molar-refractivity contribution in [3.05, 3.63) is 45.1 Å². The minimum atomic E-state index is -0.672. The number of nitriles is 1. The first-order valence-corrected chi connectivity index (χ1v) is 7.15. The molecule has 2 aromatic rings. The molecule has 0 atom stereocenters. The van der Waals surface area contributed by atoms with Crippen LogP contribution < -0.4 is 0 Å². The Morgan fingerprint density at radius 2 is 1.68 bits per heavy atom. The third kappa shape index (κ3) is 2.71. The summed E-state index contributed by atoms with van der Waals surface area (Å²) in [7, 11) is 2.45. The van der Waals surface area contributed by atoms with E-state index >= 15 is 0 Å². The van der Waals surface area contributed by atoms with Gasteiger partial charge >= 0.3 is 11.9 Å². The number of aryl methyl sites for hydroxylation is 1. The molecule has 0 N–H and O–H groups in total. The first kappa shape index (κ1) is 15.7. The van der Waals surface area contributed by atoms with Crippen LogP contribution >= 0.6 is 11.3 Å². The number of thiophene rings is 1. The molecule has 1 heterocycles. The highest BCUT2D eigenvalue weighted by atomic mass is 32.1. The quantitative estimate of drug-likeness (QED) is 0.813. The van der Waals surface area contributed by atoms with E-state index in [-0.39, 0.29) is 15.3 Å². The number of benzene rings is 1. The Hall–Kier alpha value is -2.65. The van der Waals surface area contributed by atoms with Gasteiger partial charge in [-0.15, -0.1) is 11.3 Å². The molecule has 0 unspecified atom stereocenters. The molecule has 0 fully saturated rings. The molecular formula is C16H13NO4S. The van der Waals surface area contributed by atoms with Gasteiger partial charge in [0.1, 0.15) is 15.8 Å². The lowest BCUT2D eigenvalue weighted by molar-refractivity contribution is 0.0561. The summed E-state index contributed by atoms with van der Waals surface area (Å²) in [6.07, 6.45) is 0. The molecule has 0 amide bonds. The molecule has 0 aliphatic heterocycles. The van der Waals surface area contributed by atoms with Crippen LogP contribution in [0.2, 0.25) is 0 Å². The maximum Gasteiger partial charge on any atom is 0.348 e. The van der Waals surface area contributed by atoms with Crippen molar-refractivity contribution in [2.24, 2.45) is 0 Å². The Labute approximate surface area is 131 Å². The van der Waals surface area contributed by atoms with Crippen LogP contribution in [0.3, 0.4) is 0 Å². The molecule has 6 heteroatoms. The average Bonchev–Trinajstić information content (AvgIpc) is 2.93. The fraction of sp³-hybridized carbons (Fsp3) is 0.188. The molecule has 0 saturated carbocycles. The van der Waals surface area contributed by atoms with Gasteiger partial charge in [0, 0.05) is 5.56 Å². The van der Waals surface area contributed by atoms with Crippen LogP contribution in [0, 0.1) is 18.3 Å². The molecule has 22 heavy (non-hydrogen) atoms. The minimum Gasteiger partial charge on any atom is -0.465 e. The second kappa shape index (κ2) is 6.41. The number of ether oxygens (including phenoxy) is 2. The lowest BCUT2D eigenvalue weighted by Crippen LogP contribution is -2.09. The summed E-state index contributed by atoms with van der Waals surface area (Å²) in [5.41, 5.74) is 2.19. The van der Waals surface area contributed by atoms with E-state index in [0.29, 0.717) is 11.1 Å². The Morgan fingerprint density at radius 3 is 2.18 bits per heavy atom. The predicted octanol–water partition coefficient (Wildman–Crippen LogP) is 3.17. The second-order valence-corrected chi connectivity index (χ2v) is 5.49. The second-order valence-electron chi connectivity index (χ2n) is 4.47. The van der Waals surface area contributed by atoms with E-state index in [1.807, 2.05) is 25.1 Å². The van der Waals surface area contributed by atoms with Gasteiger partial charge in [0.15, 0.2) is 0 Å². The van der Waals surface area contributed by atoms with Crippen LogP contribution in [0.15, 0.2) is 24.3 Å². The van der Waals surface area contributed by atoms with Gasteiger partial charge in [-0.2, -0.15) is 5.26 Å². The van der Waals surface area contributed by atoms with Crippen molar-refractivity contribution < 1.29 is 19.1 Å². The van der Waals surface area contributed by atoms with Crippen molar-refractivity contribution in [2.45, 2.75) is 6.92 Å². The number of hydrogen-bond donors (Lipinski definition) is 0. The molecule has 0 saturated heterocycles. The molecular weight excluding hydrogens is 302 g/mol. The standard InChI is InChI=1S/C16H13NO4S/c1-9-4-6-10(7-5-9)12-11(8-17)22-14(16(19)21-3)13(12)15(18)20-2/h4-7H,1-3H3. The minimum absolute atomic E-state index is 0.0692. The first-order valence-electron chi connectivity index (χ1n) is 6.34. The molecule has 0 bridgehead atoms. The number of hydrogen-bond acceptors (Lipinski definition) is 6. The average molecular weight is 315 g/mol. The fourth-order valence-corrected chi connectivity index (χ4v) is 3.06. The van der Waals surface area contributed by atoms with E-state index in [0.717, 1.165) is 16.9 Å². The number of nitrogens with zero attached hydrogens (tertiary/aromatic N) is 1. The van der Waals surface area contributed by atoms with Crippen molar-refractivity contribution in [1.82, 2.24) is 0 Å².